The molecule has 8 heteroatoms. The van der Waals surface area contributed by atoms with E-state index in [0.717, 1.165) is 18.8 Å². The number of nitrogens with zero attached hydrogens (tertiary/aromatic N) is 4. The molecule has 1 fully saturated rings. The van der Waals surface area contributed by atoms with Gasteiger partial charge in [-0.05, 0) is 19.2 Å². The molecule has 1 aliphatic rings. The van der Waals surface area contributed by atoms with Crippen molar-refractivity contribution in [2.45, 2.75) is 0 Å². The first-order chi connectivity index (χ1) is 10.5. The van der Waals surface area contributed by atoms with E-state index in [0.29, 0.717) is 28.8 Å². The van der Waals surface area contributed by atoms with Crippen LogP contribution in [0.3, 0.4) is 0 Å². The van der Waals surface area contributed by atoms with Gasteiger partial charge in [0.15, 0.2) is 16.5 Å². The first-order valence-electron chi connectivity index (χ1n) is 6.97. The van der Waals surface area contributed by atoms with Crippen LogP contribution in [0.4, 0.5) is 5.00 Å². The lowest BCUT2D eigenvalue weighted by atomic mass is 10.3. The van der Waals surface area contributed by atoms with Gasteiger partial charge in [0.05, 0.1) is 0 Å². The fourth-order valence-corrected chi connectivity index (χ4v) is 3.16. The summed E-state index contributed by atoms with van der Waals surface area (Å²) < 4.78 is 1.65. The molecule has 1 amide bonds. The Morgan fingerprint density at radius 2 is 1.91 bits per heavy atom. The summed E-state index contributed by atoms with van der Waals surface area (Å²) in [7, 11) is 2.05. The quantitative estimate of drug-likeness (QED) is 0.831. The Hall–Kier alpha value is -1.70. The summed E-state index contributed by atoms with van der Waals surface area (Å²) in [5, 5.41) is 5.45. The number of halogens is 1. The second kappa shape index (κ2) is 6.20. The molecule has 6 nitrogen and oxygen atoms in total. The Morgan fingerprint density at radius 3 is 2.55 bits per heavy atom. The van der Waals surface area contributed by atoms with E-state index in [1.165, 1.54) is 11.5 Å². The van der Waals surface area contributed by atoms with E-state index in [-0.39, 0.29) is 5.91 Å². The number of piperazine rings is 1. The predicted molar refractivity (Wildman–Crippen MR) is 86.5 cm³/mol. The molecule has 0 spiro atoms. The van der Waals surface area contributed by atoms with E-state index < -0.39 is 0 Å². The molecule has 1 aromatic carbocycles. The summed E-state index contributed by atoms with van der Waals surface area (Å²) in [5.41, 5.74) is 7.15. The minimum atomic E-state index is -0.102. The van der Waals surface area contributed by atoms with Crippen molar-refractivity contribution in [3.8, 4) is 5.69 Å². The van der Waals surface area contributed by atoms with Crippen LogP contribution in [-0.2, 0) is 0 Å². The molecule has 0 saturated carbocycles. The van der Waals surface area contributed by atoms with Gasteiger partial charge in [0.25, 0.3) is 11.6 Å². The number of hydrogen-bond acceptors (Lipinski definition) is 5. The third-order valence-corrected chi connectivity index (χ3v) is 4.76. The Morgan fingerprint density at radius 1 is 1.27 bits per heavy atom. The third kappa shape index (κ3) is 3.06. The number of nitrogen functional groups attached to an aromatic ring is 1. The lowest BCUT2D eigenvalue weighted by molar-refractivity contribution is -0.588. The van der Waals surface area contributed by atoms with Crippen LogP contribution in [0.2, 0.25) is 5.02 Å². The zero-order chi connectivity index (χ0) is 15.7. The predicted octanol–water partition coefficient (Wildman–Crippen LogP) is 1.04. The molecular formula is C14H17ClN5OS+. The van der Waals surface area contributed by atoms with Gasteiger partial charge in [-0.25, -0.2) is 0 Å². The topological polar surface area (TPSA) is 66.3 Å². The molecule has 0 bridgehead atoms. The average Bonchev–Trinajstić information content (AvgIpc) is 2.90. The first-order valence-corrected chi connectivity index (χ1v) is 8.12. The van der Waals surface area contributed by atoms with Gasteiger partial charge in [-0.15, -0.1) is 0 Å². The summed E-state index contributed by atoms with van der Waals surface area (Å²) in [6.07, 6.45) is 0. The van der Waals surface area contributed by atoms with E-state index in [4.69, 9.17) is 17.3 Å². The maximum Gasteiger partial charge on any atom is 0.282 e. The fourth-order valence-electron chi connectivity index (χ4n) is 2.28. The average molecular weight is 339 g/mol. The second-order valence-corrected chi connectivity index (χ2v) is 6.65. The normalized spacial score (nSPS) is 16.0. The molecule has 2 N–H and O–H groups in total. The lowest BCUT2D eigenvalue weighted by Crippen LogP contribution is -2.47. The zero-order valence-corrected chi connectivity index (χ0v) is 13.8. The smallest absolute Gasteiger partial charge is 0.282 e. The summed E-state index contributed by atoms with van der Waals surface area (Å²) in [6.45, 7) is 3.14. The van der Waals surface area contributed by atoms with Crippen LogP contribution in [-0.4, -0.2) is 54.0 Å². The maximum absolute atomic E-state index is 12.6. The Labute approximate surface area is 137 Å². The van der Waals surface area contributed by atoms with Crippen molar-refractivity contribution in [2.24, 2.45) is 0 Å². The van der Waals surface area contributed by atoms with Crippen LogP contribution in [0, 0.1) is 0 Å². The number of rotatable bonds is 2. The van der Waals surface area contributed by atoms with Crippen molar-refractivity contribution >= 4 is 34.0 Å². The Balaban J connectivity index is 1.83. The standard InChI is InChI=1S/C14H16ClN5OS/c1-18-6-8-19(9-7-18)14(21)12-13(16)22-20(17-12)11-4-2-10(15)3-5-11/h2-5,16H,6-9H2,1H3/p+1. The van der Waals surface area contributed by atoms with Gasteiger partial charge in [-0.3, -0.25) is 4.79 Å². The molecule has 0 atom stereocenters. The van der Waals surface area contributed by atoms with Gasteiger partial charge in [0.2, 0.25) is 5.69 Å². The number of benzene rings is 1. The summed E-state index contributed by atoms with van der Waals surface area (Å²) >= 11 is 7.13. The summed E-state index contributed by atoms with van der Waals surface area (Å²) in [6, 6.07) is 7.25. The number of anilines is 1. The van der Waals surface area contributed by atoms with Crippen LogP contribution in [0.1, 0.15) is 10.5 Å². The van der Waals surface area contributed by atoms with Gasteiger partial charge in [-0.2, -0.15) is 0 Å². The van der Waals surface area contributed by atoms with Gasteiger partial charge in [0, 0.05) is 52.5 Å². The van der Waals surface area contributed by atoms with E-state index in [1.54, 1.807) is 21.1 Å². The first kappa shape index (κ1) is 15.2. The van der Waals surface area contributed by atoms with Crippen LogP contribution >= 0.6 is 23.1 Å². The molecule has 1 aromatic heterocycles. The van der Waals surface area contributed by atoms with E-state index in [9.17, 15) is 4.79 Å². The van der Waals surface area contributed by atoms with Gasteiger partial charge in [-0.1, -0.05) is 11.6 Å². The molecule has 1 aliphatic heterocycles. The van der Waals surface area contributed by atoms with Crippen molar-refractivity contribution in [1.82, 2.24) is 14.9 Å². The Kier molecular flexibility index (Phi) is 4.28. The van der Waals surface area contributed by atoms with Crippen molar-refractivity contribution < 1.29 is 8.87 Å². The maximum atomic E-state index is 12.6. The van der Waals surface area contributed by atoms with Crippen LogP contribution in [0.5, 0.6) is 0 Å². The number of aromatic nitrogens is 2. The number of carbonyl (C=O) groups is 1. The monoisotopic (exact) mass is 338 g/mol. The minimum Gasteiger partial charge on any atom is -0.384 e. The Bertz CT molecular complexity index is 679. The van der Waals surface area contributed by atoms with Crippen molar-refractivity contribution in [2.75, 3.05) is 39.0 Å². The highest BCUT2D eigenvalue weighted by molar-refractivity contribution is 7.06. The molecule has 2 aromatic rings. The van der Waals surface area contributed by atoms with E-state index in [1.807, 2.05) is 19.2 Å². The molecule has 2 heterocycles. The molecule has 3 rings (SSSR count). The zero-order valence-electron chi connectivity index (χ0n) is 12.2. The van der Waals surface area contributed by atoms with Crippen molar-refractivity contribution in [3.05, 3.63) is 35.0 Å². The van der Waals surface area contributed by atoms with Gasteiger partial charge >= 0.3 is 0 Å². The van der Waals surface area contributed by atoms with E-state index in [2.05, 4.69) is 10.00 Å². The molecule has 0 aliphatic carbocycles. The molecule has 0 unspecified atom stereocenters. The van der Waals surface area contributed by atoms with Crippen molar-refractivity contribution in [3.63, 3.8) is 0 Å². The van der Waals surface area contributed by atoms with Crippen LogP contribution in [0.25, 0.3) is 5.69 Å². The highest BCUT2D eigenvalue weighted by atomic mass is 35.5. The lowest BCUT2D eigenvalue weighted by Gasteiger charge is -2.31. The van der Waals surface area contributed by atoms with Gasteiger partial charge < -0.3 is 15.5 Å². The number of amides is 1. The van der Waals surface area contributed by atoms with E-state index >= 15 is 0 Å². The summed E-state index contributed by atoms with van der Waals surface area (Å²) in [5.74, 6) is -0.102. The number of hydrogen-bond donors (Lipinski definition) is 1. The SMILES string of the molecule is CN1CCN(C(=O)c2n[n+](-c3ccc(Cl)cc3)sc2N)CC1. The van der Waals surface area contributed by atoms with Crippen molar-refractivity contribution in [1.29, 1.82) is 0 Å². The van der Waals surface area contributed by atoms with Crippen LogP contribution < -0.4 is 9.81 Å². The molecule has 116 valence electrons. The number of likely N-dealkylation sites (N-methyl/N-ethyl adjacent to an activating group) is 1. The number of carbonyl (C=O) groups excluding carboxylic acids is 1. The highest BCUT2D eigenvalue weighted by Gasteiger charge is 2.29. The van der Waals surface area contributed by atoms with Gasteiger partial charge in [0.1, 0.15) is 0 Å². The largest absolute Gasteiger partial charge is 0.384 e. The third-order valence-electron chi connectivity index (χ3n) is 3.65. The molecule has 0 radical (unpaired) electrons. The second-order valence-electron chi connectivity index (χ2n) is 5.25. The van der Waals surface area contributed by atoms with Crippen LogP contribution in [0.15, 0.2) is 24.3 Å². The molecular weight excluding hydrogens is 322 g/mol. The summed E-state index contributed by atoms with van der Waals surface area (Å²) in [4.78, 5) is 16.6. The minimum absolute atomic E-state index is 0.102. The fraction of sp³-hybridized carbons (Fsp3) is 0.357. The molecule has 22 heavy (non-hydrogen) atoms. The highest BCUT2D eigenvalue weighted by Crippen LogP contribution is 2.17. The number of nitrogens with two attached hydrogens (primary N) is 1. The molecule has 1 saturated heterocycles.